The summed E-state index contributed by atoms with van der Waals surface area (Å²) in [6.07, 6.45) is 2.00. The van der Waals surface area contributed by atoms with E-state index in [2.05, 4.69) is 23.9 Å². The average Bonchev–Trinajstić information content (AvgIpc) is 2.11. The molecule has 15 heavy (non-hydrogen) atoms. The molecule has 0 bridgehead atoms. The van der Waals surface area contributed by atoms with E-state index in [0.717, 1.165) is 12.8 Å². The Morgan fingerprint density at radius 1 is 1.33 bits per heavy atom. The first-order valence-electron chi connectivity index (χ1n) is 5.08. The summed E-state index contributed by atoms with van der Waals surface area (Å²) in [4.78, 5) is 21.1. The van der Waals surface area contributed by atoms with E-state index in [1.54, 1.807) is 0 Å². The third-order valence-corrected chi connectivity index (χ3v) is 1.74. The molecule has 0 heterocycles. The van der Waals surface area contributed by atoms with Gasteiger partial charge in [0, 0.05) is 6.54 Å². The van der Waals surface area contributed by atoms with Crippen molar-refractivity contribution in [2.24, 2.45) is 5.92 Å². The van der Waals surface area contributed by atoms with Crippen LogP contribution in [0.1, 0.15) is 26.7 Å². The molecule has 88 valence electrons. The van der Waals surface area contributed by atoms with Gasteiger partial charge in [0.1, 0.15) is 13.2 Å². The maximum atomic E-state index is 11.0. The smallest absolute Gasteiger partial charge is 0.329 e. The van der Waals surface area contributed by atoms with Crippen LogP contribution in [0, 0.1) is 5.92 Å². The van der Waals surface area contributed by atoms with Gasteiger partial charge in [0.2, 0.25) is 5.91 Å². The largest absolute Gasteiger partial charge is 0.480 e. The minimum atomic E-state index is -1.07. The van der Waals surface area contributed by atoms with Crippen molar-refractivity contribution in [3.05, 3.63) is 0 Å². The number of carbonyl (C=O) groups excluding carboxylic acids is 1. The number of hydrogen-bond acceptors (Lipinski definition) is 3. The number of amides is 1. The number of aliphatic carboxylic acids is 1. The van der Waals surface area contributed by atoms with Gasteiger partial charge in [-0.2, -0.15) is 0 Å². The molecule has 5 heteroatoms. The summed E-state index contributed by atoms with van der Waals surface area (Å²) in [5, 5.41) is 10.9. The molecule has 2 N–H and O–H groups in total. The Balaban J connectivity index is 3.30. The second-order valence-electron chi connectivity index (χ2n) is 3.77. The van der Waals surface area contributed by atoms with E-state index >= 15 is 0 Å². The highest BCUT2D eigenvalue weighted by Crippen LogP contribution is 2.01. The van der Waals surface area contributed by atoms with Gasteiger partial charge in [-0.25, -0.2) is 4.79 Å². The molecule has 0 aromatic carbocycles. The van der Waals surface area contributed by atoms with E-state index in [-0.39, 0.29) is 12.5 Å². The van der Waals surface area contributed by atoms with E-state index in [0.29, 0.717) is 12.5 Å². The second-order valence-corrected chi connectivity index (χ2v) is 3.77. The van der Waals surface area contributed by atoms with E-state index in [1.165, 1.54) is 0 Å². The van der Waals surface area contributed by atoms with Crippen LogP contribution in [0.25, 0.3) is 0 Å². The Bertz CT molecular complexity index is 204. The molecule has 5 nitrogen and oxygen atoms in total. The number of carboxylic acids is 1. The van der Waals surface area contributed by atoms with Gasteiger partial charge in [-0.15, -0.1) is 0 Å². The highest BCUT2D eigenvalue weighted by molar-refractivity contribution is 5.77. The van der Waals surface area contributed by atoms with Crippen LogP contribution < -0.4 is 5.32 Å². The molecule has 0 aliphatic heterocycles. The topological polar surface area (TPSA) is 75.6 Å². The Kier molecular flexibility index (Phi) is 7.62. The van der Waals surface area contributed by atoms with Crippen LogP contribution >= 0.6 is 0 Å². The number of ether oxygens (including phenoxy) is 1. The molecular formula is C10H19NO4. The lowest BCUT2D eigenvalue weighted by molar-refractivity contribution is -0.143. The van der Waals surface area contributed by atoms with Crippen molar-refractivity contribution in [3.63, 3.8) is 0 Å². The summed E-state index contributed by atoms with van der Waals surface area (Å²) in [7, 11) is 0. The van der Waals surface area contributed by atoms with Crippen molar-refractivity contribution in [1.82, 2.24) is 5.32 Å². The van der Waals surface area contributed by atoms with Gasteiger partial charge < -0.3 is 15.2 Å². The van der Waals surface area contributed by atoms with Crippen LogP contribution in [0.2, 0.25) is 0 Å². The summed E-state index contributed by atoms with van der Waals surface area (Å²) in [6, 6.07) is 0. The molecule has 0 aliphatic carbocycles. The summed E-state index contributed by atoms with van der Waals surface area (Å²) >= 11 is 0. The van der Waals surface area contributed by atoms with Crippen LogP contribution in [0.3, 0.4) is 0 Å². The first kappa shape index (κ1) is 13.9. The molecule has 0 saturated heterocycles. The van der Waals surface area contributed by atoms with Gasteiger partial charge in [0.15, 0.2) is 0 Å². The van der Waals surface area contributed by atoms with Crippen LogP contribution in [0.15, 0.2) is 0 Å². The van der Waals surface area contributed by atoms with Gasteiger partial charge in [0.05, 0.1) is 0 Å². The number of carbonyl (C=O) groups is 2. The predicted octanol–water partition coefficient (Wildman–Crippen LogP) is 0.640. The minimum absolute atomic E-state index is 0.187. The molecule has 0 rings (SSSR count). The highest BCUT2D eigenvalue weighted by atomic mass is 16.5. The van der Waals surface area contributed by atoms with Crippen molar-refractivity contribution in [2.45, 2.75) is 26.7 Å². The molecule has 1 amide bonds. The fourth-order valence-electron chi connectivity index (χ4n) is 1.02. The molecule has 0 spiro atoms. The van der Waals surface area contributed by atoms with Crippen molar-refractivity contribution in [3.8, 4) is 0 Å². The molecule has 0 atom stereocenters. The molecule has 0 aromatic heterocycles. The summed E-state index contributed by atoms with van der Waals surface area (Å²) in [6.45, 7) is 4.25. The third kappa shape index (κ3) is 10.8. The predicted molar refractivity (Wildman–Crippen MR) is 55.5 cm³/mol. The van der Waals surface area contributed by atoms with Gasteiger partial charge in [-0.3, -0.25) is 4.79 Å². The SMILES string of the molecule is CC(C)CCCNC(=O)COCC(=O)O. The molecular weight excluding hydrogens is 198 g/mol. The normalized spacial score (nSPS) is 10.3. The number of carboxylic acid groups (broad SMARTS) is 1. The first-order chi connectivity index (χ1) is 7.02. The van der Waals surface area contributed by atoms with Crippen molar-refractivity contribution in [1.29, 1.82) is 0 Å². The van der Waals surface area contributed by atoms with Crippen LogP contribution in [0.4, 0.5) is 0 Å². The number of nitrogens with one attached hydrogen (secondary N) is 1. The second kappa shape index (κ2) is 8.23. The summed E-state index contributed by atoms with van der Waals surface area (Å²) < 4.78 is 4.62. The zero-order valence-corrected chi connectivity index (χ0v) is 9.28. The fraction of sp³-hybridized carbons (Fsp3) is 0.800. The Morgan fingerprint density at radius 3 is 2.53 bits per heavy atom. The molecule has 0 aromatic rings. The van der Waals surface area contributed by atoms with Crippen LogP contribution in [-0.2, 0) is 14.3 Å². The van der Waals surface area contributed by atoms with Crippen molar-refractivity contribution in [2.75, 3.05) is 19.8 Å². The lowest BCUT2D eigenvalue weighted by Gasteiger charge is -2.06. The van der Waals surface area contributed by atoms with Gasteiger partial charge in [-0.1, -0.05) is 13.8 Å². The third-order valence-electron chi connectivity index (χ3n) is 1.74. The Labute approximate surface area is 89.8 Å². The summed E-state index contributed by atoms with van der Waals surface area (Å²) in [5.41, 5.74) is 0. The Hall–Kier alpha value is -1.10. The van der Waals surface area contributed by atoms with E-state index in [1.807, 2.05) is 0 Å². The fourth-order valence-corrected chi connectivity index (χ4v) is 1.02. The molecule has 0 radical (unpaired) electrons. The summed E-state index contributed by atoms with van der Waals surface area (Å²) in [5.74, 6) is -0.701. The first-order valence-corrected chi connectivity index (χ1v) is 5.08. The number of rotatable bonds is 8. The lowest BCUT2D eigenvalue weighted by Crippen LogP contribution is -2.29. The van der Waals surface area contributed by atoms with Gasteiger partial charge in [-0.05, 0) is 18.8 Å². The zero-order chi connectivity index (χ0) is 11.7. The van der Waals surface area contributed by atoms with Gasteiger partial charge in [0.25, 0.3) is 0 Å². The lowest BCUT2D eigenvalue weighted by atomic mass is 10.1. The molecule has 0 aliphatic rings. The van der Waals surface area contributed by atoms with E-state index in [9.17, 15) is 9.59 Å². The maximum Gasteiger partial charge on any atom is 0.329 e. The molecule has 0 fully saturated rings. The highest BCUT2D eigenvalue weighted by Gasteiger charge is 2.03. The Morgan fingerprint density at radius 2 is 2.00 bits per heavy atom. The van der Waals surface area contributed by atoms with Crippen molar-refractivity contribution >= 4 is 11.9 Å². The van der Waals surface area contributed by atoms with Crippen LogP contribution in [0.5, 0.6) is 0 Å². The van der Waals surface area contributed by atoms with Gasteiger partial charge >= 0.3 is 5.97 Å². The minimum Gasteiger partial charge on any atom is -0.480 e. The number of hydrogen-bond donors (Lipinski definition) is 2. The quantitative estimate of drug-likeness (QED) is 0.585. The average molecular weight is 217 g/mol. The van der Waals surface area contributed by atoms with Crippen LogP contribution in [-0.4, -0.2) is 36.7 Å². The zero-order valence-electron chi connectivity index (χ0n) is 9.28. The van der Waals surface area contributed by atoms with Crippen molar-refractivity contribution < 1.29 is 19.4 Å². The van der Waals surface area contributed by atoms with E-state index < -0.39 is 12.6 Å². The van der Waals surface area contributed by atoms with E-state index in [4.69, 9.17) is 5.11 Å². The standard InChI is InChI=1S/C10H19NO4/c1-8(2)4-3-5-11-9(12)6-15-7-10(13)14/h8H,3-7H2,1-2H3,(H,11,12)(H,13,14). The molecule has 0 saturated carbocycles. The monoisotopic (exact) mass is 217 g/mol. The molecule has 0 unspecified atom stereocenters. The maximum absolute atomic E-state index is 11.0.